The number of nitrogens with zero attached hydrogens (tertiary/aromatic N) is 5. The fourth-order valence-electron chi connectivity index (χ4n) is 2.86. The molecule has 0 radical (unpaired) electrons. The van der Waals surface area contributed by atoms with E-state index in [2.05, 4.69) is 25.3 Å². The molecular formula is C20H16N6O4. The van der Waals surface area contributed by atoms with Crippen LogP contribution < -0.4 is 10.9 Å². The third-order valence-corrected chi connectivity index (χ3v) is 4.33. The van der Waals surface area contributed by atoms with Crippen molar-refractivity contribution < 1.29 is 14.3 Å². The number of ether oxygens (including phenoxy) is 1. The highest BCUT2D eigenvalue weighted by atomic mass is 16.5. The minimum absolute atomic E-state index is 0.0663. The first-order chi connectivity index (χ1) is 14.6. The molecule has 0 atom stereocenters. The van der Waals surface area contributed by atoms with Gasteiger partial charge in [-0.15, -0.1) is 5.10 Å². The van der Waals surface area contributed by atoms with E-state index in [1.54, 1.807) is 12.1 Å². The Morgan fingerprint density at radius 1 is 1.07 bits per heavy atom. The van der Waals surface area contributed by atoms with Gasteiger partial charge in [-0.3, -0.25) is 14.2 Å². The van der Waals surface area contributed by atoms with Crippen molar-refractivity contribution in [3.05, 3.63) is 76.8 Å². The monoisotopic (exact) mass is 404 g/mol. The molecule has 2 heterocycles. The summed E-state index contributed by atoms with van der Waals surface area (Å²) in [5.41, 5.74) is 1.46. The summed E-state index contributed by atoms with van der Waals surface area (Å²) in [7, 11) is 1.29. The van der Waals surface area contributed by atoms with Crippen LogP contribution >= 0.6 is 0 Å². The highest BCUT2D eigenvalue weighted by Gasteiger charge is 2.15. The maximum absolute atomic E-state index is 12.7. The van der Waals surface area contributed by atoms with Crippen molar-refractivity contribution in [2.75, 3.05) is 12.4 Å². The summed E-state index contributed by atoms with van der Waals surface area (Å²) in [6.07, 6.45) is 1.29. The number of carbonyl (C=O) groups is 2. The van der Waals surface area contributed by atoms with Crippen molar-refractivity contribution in [3.8, 4) is 5.69 Å². The average Bonchev–Trinajstić information content (AvgIpc) is 3.21. The first-order valence-corrected chi connectivity index (χ1v) is 8.91. The van der Waals surface area contributed by atoms with E-state index < -0.39 is 17.4 Å². The Labute approximate surface area is 169 Å². The number of aromatic nitrogens is 5. The van der Waals surface area contributed by atoms with E-state index in [1.807, 2.05) is 30.3 Å². The minimum atomic E-state index is -0.474. The van der Waals surface area contributed by atoms with Gasteiger partial charge in [0.25, 0.3) is 5.56 Å². The zero-order chi connectivity index (χ0) is 21.1. The Kier molecular flexibility index (Phi) is 5.04. The van der Waals surface area contributed by atoms with Gasteiger partial charge in [0.15, 0.2) is 11.2 Å². The minimum Gasteiger partial charge on any atom is -0.465 e. The van der Waals surface area contributed by atoms with Gasteiger partial charge >= 0.3 is 5.97 Å². The third kappa shape index (κ3) is 3.65. The Bertz CT molecular complexity index is 1280. The average molecular weight is 404 g/mol. The van der Waals surface area contributed by atoms with Gasteiger partial charge in [0.1, 0.15) is 12.9 Å². The van der Waals surface area contributed by atoms with Crippen LogP contribution in [0.25, 0.3) is 16.9 Å². The number of hydrogen-bond donors (Lipinski definition) is 1. The number of methoxy groups -OCH3 is 1. The second kappa shape index (κ2) is 7.95. The molecule has 0 aliphatic rings. The molecule has 2 aromatic heterocycles. The van der Waals surface area contributed by atoms with Gasteiger partial charge in [-0.2, -0.15) is 4.68 Å². The second-order valence-corrected chi connectivity index (χ2v) is 6.30. The summed E-state index contributed by atoms with van der Waals surface area (Å²) in [6.45, 7) is -0.251. The first-order valence-electron chi connectivity index (χ1n) is 8.91. The fraction of sp³-hybridized carbons (Fsp3) is 0.100. The highest BCUT2D eigenvalue weighted by molar-refractivity contribution is 5.93. The normalized spacial score (nSPS) is 10.7. The number of carbonyl (C=O) groups excluding carboxylic acids is 2. The molecule has 4 aromatic rings. The quantitative estimate of drug-likeness (QED) is 0.499. The molecule has 0 saturated heterocycles. The lowest BCUT2D eigenvalue weighted by Crippen LogP contribution is -2.28. The van der Waals surface area contributed by atoms with Crippen LogP contribution in [0.3, 0.4) is 0 Å². The molecule has 1 amide bonds. The van der Waals surface area contributed by atoms with Gasteiger partial charge in [0.05, 0.1) is 18.4 Å². The van der Waals surface area contributed by atoms with Crippen molar-refractivity contribution >= 4 is 28.7 Å². The maximum atomic E-state index is 12.7. The van der Waals surface area contributed by atoms with Crippen molar-refractivity contribution in [1.29, 1.82) is 0 Å². The van der Waals surface area contributed by atoms with Gasteiger partial charge in [-0.05, 0) is 36.4 Å². The molecule has 30 heavy (non-hydrogen) atoms. The molecular weight excluding hydrogens is 388 g/mol. The molecule has 2 aromatic carbocycles. The molecule has 1 N–H and O–H groups in total. The number of nitrogens with one attached hydrogen (secondary N) is 1. The predicted molar refractivity (Wildman–Crippen MR) is 107 cm³/mol. The lowest BCUT2D eigenvalue weighted by Gasteiger charge is -2.08. The molecule has 0 unspecified atom stereocenters. The lowest BCUT2D eigenvalue weighted by atomic mass is 10.2. The summed E-state index contributed by atoms with van der Waals surface area (Å²) < 4.78 is 7.25. The van der Waals surface area contributed by atoms with Crippen molar-refractivity contribution in [3.63, 3.8) is 0 Å². The lowest BCUT2D eigenvalue weighted by molar-refractivity contribution is -0.116. The second-order valence-electron chi connectivity index (χ2n) is 6.30. The standard InChI is InChI=1S/C20H16N6O4/c1-30-20(29)13-7-9-14(10-8-13)22-16(27)11-25-12-21-18-17(19(25)28)23-24-26(18)15-5-3-2-4-6-15/h2-10,12H,11H2,1H3,(H,22,27). The third-order valence-electron chi connectivity index (χ3n) is 4.33. The van der Waals surface area contributed by atoms with E-state index in [9.17, 15) is 14.4 Å². The summed E-state index contributed by atoms with van der Waals surface area (Å²) in [5, 5.41) is 10.6. The number of rotatable bonds is 5. The van der Waals surface area contributed by atoms with Crippen LogP contribution in [0.2, 0.25) is 0 Å². The zero-order valence-electron chi connectivity index (χ0n) is 15.8. The molecule has 0 saturated carbocycles. The Hall–Kier alpha value is -4.34. The molecule has 0 bridgehead atoms. The van der Waals surface area contributed by atoms with Crippen LogP contribution in [0.15, 0.2) is 65.7 Å². The Morgan fingerprint density at radius 3 is 2.50 bits per heavy atom. The van der Waals surface area contributed by atoms with Crippen LogP contribution in [0.5, 0.6) is 0 Å². The molecule has 0 spiro atoms. The highest BCUT2D eigenvalue weighted by Crippen LogP contribution is 2.12. The fourth-order valence-corrected chi connectivity index (χ4v) is 2.86. The van der Waals surface area contributed by atoms with Crippen molar-refractivity contribution in [2.45, 2.75) is 6.54 Å². The van der Waals surface area contributed by atoms with E-state index >= 15 is 0 Å². The maximum Gasteiger partial charge on any atom is 0.337 e. The van der Waals surface area contributed by atoms with E-state index in [0.29, 0.717) is 16.9 Å². The molecule has 150 valence electrons. The molecule has 4 rings (SSSR count). The van der Waals surface area contributed by atoms with Gasteiger partial charge in [0.2, 0.25) is 5.91 Å². The van der Waals surface area contributed by atoms with Gasteiger partial charge in [0, 0.05) is 5.69 Å². The van der Waals surface area contributed by atoms with Crippen molar-refractivity contribution in [1.82, 2.24) is 24.5 Å². The van der Waals surface area contributed by atoms with E-state index in [4.69, 9.17) is 0 Å². The summed E-state index contributed by atoms with van der Waals surface area (Å²) in [5.74, 6) is -0.901. The number of anilines is 1. The van der Waals surface area contributed by atoms with Crippen LogP contribution in [0.4, 0.5) is 5.69 Å². The molecule has 0 aliphatic carbocycles. The predicted octanol–water partition coefficient (Wildman–Crippen LogP) is 1.40. The molecule has 0 fully saturated rings. The first kappa shape index (κ1) is 19.0. The SMILES string of the molecule is COC(=O)c1ccc(NC(=O)Cn2cnc3c(nnn3-c3ccccc3)c2=O)cc1. The largest absolute Gasteiger partial charge is 0.465 e. The molecule has 0 aliphatic heterocycles. The van der Waals surface area contributed by atoms with Crippen LogP contribution in [0, 0.1) is 0 Å². The number of para-hydroxylation sites is 1. The van der Waals surface area contributed by atoms with Crippen LogP contribution in [-0.4, -0.2) is 43.5 Å². The summed E-state index contributed by atoms with van der Waals surface area (Å²) in [6, 6.07) is 15.4. The van der Waals surface area contributed by atoms with Crippen LogP contribution in [-0.2, 0) is 16.1 Å². The van der Waals surface area contributed by atoms with E-state index in [0.717, 1.165) is 10.3 Å². The molecule has 10 nitrogen and oxygen atoms in total. The van der Waals surface area contributed by atoms with Crippen molar-refractivity contribution in [2.24, 2.45) is 0 Å². The number of fused-ring (bicyclic) bond motifs is 1. The zero-order valence-corrected chi connectivity index (χ0v) is 15.8. The number of amides is 1. The topological polar surface area (TPSA) is 121 Å². The number of esters is 1. The van der Waals surface area contributed by atoms with Gasteiger partial charge in [-0.1, -0.05) is 23.4 Å². The number of benzene rings is 2. The van der Waals surface area contributed by atoms with Crippen LogP contribution in [0.1, 0.15) is 10.4 Å². The Balaban J connectivity index is 1.53. The Morgan fingerprint density at radius 2 is 1.80 bits per heavy atom. The number of hydrogen-bond acceptors (Lipinski definition) is 7. The summed E-state index contributed by atoms with van der Waals surface area (Å²) >= 11 is 0. The van der Waals surface area contributed by atoms with Gasteiger partial charge < -0.3 is 10.1 Å². The molecule has 10 heteroatoms. The van der Waals surface area contributed by atoms with E-state index in [-0.39, 0.29) is 12.1 Å². The van der Waals surface area contributed by atoms with E-state index in [1.165, 1.54) is 30.3 Å². The smallest absolute Gasteiger partial charge is 0.337 e. The summed E-state index contributed by atoms with van der Waals surface area (Å²) in [4.78, 5) is 40.7. The van der Waals surface area contributed by atoms with Gasteiger partial charge in [-0.25, -0.2) is 9.78 Å².